The Morgan fingerprint density at radius 2 is 1.83 bits per heavy atom. The minimum Gasteiger partial charge on any atom is -0.497 e. The molecule has 5 nitrogen and oxygen atoms in total. The molecule has 0 saturated heterocycles. The number of rotatable bonds is 3. The summed E-state index contributed by atoms with van der Waals surface area (Å²) in [5.74, 6) is 0.812. The van der Waals surface area contributed by atoms with Gasteiger partial charge in [-0.1, -0.05) is 24.3 Å². The lowest BCUT2D eigenvalue weighted by molar-refractivity contribution is 0.0978. The maximum absolute atomic E-state index is 13.7. The van der Waals surface area contributed by atoms with Gasteiger partial charge in [0.15, 0.2) is 0 Å². The summed E-state index contributed by atoms with van der Waals surface area (Å²) in [5, 5.41) is 0. The van der Waals surface area contributed by atoms with Gasteiger partial charge in [-0.25, -0.2) is 9.37 Å². The first kappa shape index (κ1) is 18.1. The van der Waals surface area contributed by atoms with Crippen LogP contribution < -0.4 is 9.64 Å². The molecule has 0 bridgehead atoms. The van der Waals surface area contributed by atoms with Crippen LogP contribution in [0.15, 0.2) is 79.0 Å². The molecule has 3 aromatic carbocycles. The third-order valence-corrected chi connectivity index (χ3v) is 5.27. The molecule has 5 rings (SSSR count). The number of carbonyl (C=O) groups excluding carboxylic acids is 1. The summed E-state index contributed by atoms with van der Waals surface area (Å²) >= 11 is 0. The Morgan fingerprint density at radius 3 is 2.60 bits per heavy atom. The zero-order chi connectivity index (χ0) is 20.7. The third kappa shape index (κ3) is 2.93. The summed E-state index contributed by atoms with van der Waals surface area (Å²) in [6.45, 7) is 0.281. The Morgan fingerprint density at radius 1 is 1.03 bits per heavy atom. The SMILES string of the molecule is COc1ccc(-c2ncc3n2CN(C(=O)c2cccc(F)c2)c2ccccc2-3)cc1. The largest absolute Gasteiger partial charge is 0.497 e. The van der Waals surface area contributed by atoms with Crippen LogP contribution in [0.25, 0.3) is 22.6 Å². The molecule has 0 spiro atoms. The average molecular weight is 399 g/mol. The molecule has 4 aromatic rings. The van der Waals surface area contributed by atoms with Gasteiger partial charge in [0.25, 0.3) is 5.91 Å². The maximum atomic E-state index is 13.7. The molecule has 0 atom stereocenters. The lowest BCUT2D eigenvalue weighted by Crippen LogP contribution is -2.36. The van der Waals surface area contributed by atoms with Crippen molar-refractivity contribution in [3.05, 3.63) is 90.4 Å². The minimum absolute atomic E-state index is 0.262. The van der Waals surface area contributed by atoms with E-state index in [0.29, 0.717) is 5.56 Å². The monoisotopic (exact) mass is 399 g/mol. The van der Waals surface area contributed by atoms with E-state index in [-0.39, 0.29) is 12.6 Å². The number of hydrogen-bond donors (Lipinski definition) is 0. The van der Waals surface area contributed by atoms with Gasteiger partial charge in [-0.3, -0.25) is 9.69 Å². The Hall–Kier alpha value is -3.93. The number of anilines is 1. The number of benzene rings is 3. The van der Waals surface area contributed by atoms with Crippen LogP contribution in [0.1, 0.15) is 10.4 Å². The smallest absolute Gasteiger partial charge is 0.259 e. The van der Waals surface area contributed by atoms with Gasteiger partial charge in [0.2, 0.25) is 0 Å². The first-order valence-corrected chi connectivity index (χ1v) is 9.52. The summed E-state index contributed by atoms with van der Waals surface area (Å²) in [6, 6.07) is 21.1. The predicted molar refractivity (Wildman–Crippen MR) is 113 cm³/mol. The van der Waals surface area contributed by atoms with E-state index in [2.05, 4.69) is 4.98 Å². The highest BCUT2D eigenvalue weighted by atomic mass is 19.1. The van der Waals surface area contributed by atoms with Crippen LogP contribution in [-0.2, 0) is 6.67 Å². The molecule has 2 heterocycles. The van der Waals surface area contributed by atoms with Crippen molar-refractivity contribution in [3.8, 4) is 28.4 Å². The van der Waals surface area contributed by atoms with Crippen LogP contribution in [0.3, 0.4) is 0 Å². The zero-order valence-corrected chi connectivity index (χ0v) is 16.2. The zero-order valence-electron chi connectivity index (χ0n) is 16.2. The highest BCUT2D eigenvalue weighted by Gasteiger charge is 2.29. The lowest BCUT2D eigenvalue weighted by atomic mass is 10.1. The standard InChI is InChI=1S/C24H18FN3O2/c1-30-19-11-9-16(10-12-19)23-26-14-22-20-7-2-3-8-21(20)28(15-27(22)23)24(29)17-5-4-6-18(25)13-17/h2-14H,15H2,1H3. The van der Waals surface area contributed by atoms with E-state index >= 15 is 0 Å². The second-order valence-electron chi connectivity index (χ2n) is 7.03. The number of carbonyl (C=O) groups is 1. The van der Waals surface area contributed by atoms with Gasteiger partial charge in [-0.2, -0.15) is 0 Å². The van der Waals surface area contributed by atoms with Crippen LogP contribution in [0.2, 0.25) is 0 Å². The van der Waals surface area contributed by atoms with Crippen LogP contribution in [0.4, 0.5) is 10.1 Å². The quantitative estimate of drug-likeness (QED) is 0.488. The lowest BCUT2D eigenvalue weighted by Gasteiger charge is -2.31. The molecule has 0 radical (unpaired) electrons. The Kier molecular flexibility index (Phi) is 4.32. The molecule has 1 aliphatic heterocycles. The van der Waals surface area contributed by atoms with Crippen molar-refractivity contribution in [1.82, 2.24) is 9.55 Å². The maximum Gasteiger partial charge on any atom is 0.259 e. The third-order valence-electron chi connectivity index (χ3n) is 5.27. The molecule has 1 aromatic heterocycles. The normalized spacial score (nSPS) is 12.3. The Bertz CT molecular complexity index is 1250. The van der Waals surface area contributed by atoms with Gasteiger partial charge in [0.1, 0.15) is 24.1 Å². The molecule has 0 unspecified atom stereocenters. The second-order valence-corrected chi connectivity index (χ2v) is 7.03. The summed E-state index contributed by atoms with van der Waals surface area (Å²) in [6.07, 6.45) is 1.82. The fourth-order valence-electron chi connectivity index (χ4n) is 3.80. The minimum atomic E-state index is -0.437. The van der Waals surface area contributed by atoms with Gasteiger partial charge < -0.3 is 9.30 Å². The number of ether oxygens (including phenoxy) is 1. The number of aromatic nitrogens is 2. The molecule has 1 aliphatic rings. The number of methoxy groups -OCH3 is 1. The van der Waals surface area contributed by atoms with Crippen molar-refractivity contribution < 1.29 is 13.9 Å². The van der Waals surface area contributed by atoms with Gasteiger partial charge in [-0.05, 0) is 48.5 Å². The molecule has 1 amide bonds. The average Bonchev–Trinajstić information content (AvgIpc) is 3.22. The molecular weight excluding hydrogens is 381 g/mol. The summed E-state index contributed by atoms with van der Waals surface area (Å²) in [5.41, 5.74) is 3.83. The van der Waals surface area contributed by atoms with Crippen molar-refractivity contribution in [2.45, 2.75) is 6.67 Å². The number of para-hydroxylation sites is 1. The van der Waals surface area contributed by atoms with E-state index in [4.69, 9.17) is 4.74 Å². The van der Waals surface area contributed by atoms with E-state index in [1.54, 1.807) is 24.1 Å². The molecular formula is C24H18FN3O2. The summed E-state index contributed by atoms with van der Waals surface area (Å²) in [4.78, 5) is 19.6. The van der Waals surface area contributed by atoms with Crippen LogP contribution in [-0.4, -0.2) is 22.6 Å². The van der Waals surface area contributed by atoms with E-state index in [1.807, 2.05) is 59.3 Å². The van der Waals surface area contributed by atoms with Crippen molar-refractivity contribution in [2.24, 2.45) is 0 Å². The van der Waals surface area contributed by atoms with E-state index < -0.39 is 5.82 Å². The van der Waals surface area contributed by atoms with Crippen LogP contribution in [0.5, 0.6) is 5.75 Å². The highest BCUT2D eigenvalue weighted by molar-refractivity contribution is 6.08. The number of amides is 1. The van der Waals surface area contributed by atoms with Crippen LogP contribution >= 0.6 is 0 Å². The first-order chi connectivity index (χ1) is 14.7. The fourth-order valence-corrected chi connectivity index (χ4v) is 3.80. The molecule has 0 N–H and O–H groups in total. The summed E-state index contributed by atoms with van der Waals surface area (Å²) in [7, 11) is 1.62. The van der Waals surface area contributed by atoms with Crippen molar-refractivity contribution in [3.63, 3.8) is 0 Å². The van der Waals surface area contributed by atoms with Crippen LogP contribution in [0, 0.1) is 5.82 Å². The van der Waals surface area contributed by atoms with Crippen molar-refractivity contribution >= 4 is 11.6 Å². The Labute approximate surface area is 173 Å². The highest BCUT2D eigenvalue weighted by Crippen LogP contribution is 2.39. The van der Waals surface area contributed by atoms with Crippen molar-refractivity contribution in [2.75, 3.05) is 12.0 Å². The Balaban J connectivity index is 1.61. The molecule has 0 aliphatic carbocycles. The molecule has 0 saturated carbocycles. The van der Waals surface area contributed by atoms with Gasteiger partial charge in [-0.15, -0.1) is 0 Å². The number of imidazole rings is 1. The summed E-state index contributed by atoms with van der Waals surface area (Å²) < 4.78 is 21.0. The number of nitrogens with zero attached hydrogens (tertiary/aromatic N) is 3. The topological polar surface area (TPSA) is 47.4 Å². The molecule has 6 heteroatoms. The van der Waals surface area contributed by atoms with E-state index in [9.17, 15) is 9.18 Å². The number of hydrogen-bond acceptors (Lipinski definition) is 3. The first-order valence-electron chi connectivity index (χ1n) is 9.52. The van der Waals surface area contributed by atoms with Gasteiger partial charge in [0.05, 0.1) is 24.7 Å². The molecule has 148 valence electrons. The molecule has 0 fully saturated rings. The number of halogens is 1. The van der Waals surface area contributed by atoms with E-state index in [0.717, 1.165) is 34.1 Å². The number of fused-ring (bicyclic) bond motifs is 3. The van der Waals surface area contributed by atoms with Crippen molar-refractivity contribution in [1.29, 1.82) is 0 Å². The van der Waals surface area contributed by atoms with Gasteiger partial charge in [0, 0.05) is 16.7 Å². The molecule has 30 heavy (non-hydrogen) atoms. The second kappa shape index (κ2) is 7.15. The van der Waals surface area contributed by atoms with Gasteiger partial charge >= 0.3 is 0 Å². The fraction of sp³-hybridized carbons (Fsp3) is 0.0833. The predicted octanol–water partition coefficient (Wildman–Crippen LogP) is 4.98. The van der Waals surface area contributed by atoms with E-state index in [1.165, 1.54) is 12.1 Å².